The van der Waals surface area contributed by atoms with E-state index in [0.29, 0.717) is 6.54 Å². The number of nitrogens with one attached hydrogen (secondary N) is 1. The van der Waals surface area contributed by atoms with Crippen molar-refractivity contribution >= 4 is 17.7 Å². The van der Waals surface area contributed by atoms with Crippen molar-refractivity contribution in [3.63, 3.8) is 0 Å². The van der Waals surface area contributed by atoms with Gasteiger partial charge in [-0.1, -0.05) is 54.9 Å². The van der Waals surface area contributed by atoms with Crippen molar-refractivity contribution in [3.8, 4) is 0 Å². The molecule has 0 saturated carbocycles. The summed E-state index contributed by atoms with van der Waals surface area (Å²) in [5.41, 5.74) is -0.807. The Balaban J connectivity index is -0.000000205. The van der Waals surface area contributed by atoms with Gasteiger partial charge in [-0.3, -0.25) is 14.4 Å². The summed E-state index contributed by atoms with van der Waals surface area (Å²) in [6.45, 7) is 19.2. The Morgan fingerprint density at radius 1 is 1.00 bits per heavy atom. The molecule has 0 radical (unpaired) electrons. The lowest BCUT2D eigenvalue weighted by atomic mass is 9.77. The number of hydrogen-bond donors (Lipinski definition) is 3. The minimum atomic E-state index is -0.500. The molecule has 0 bridgehead atoms. The molecule has 0 aliphatic carbocycles. The number of amides is 1. The molecule has 182 valence electrons. The zero-order chi connectivity index (χ0) is 24.8. The van der Waals surface area contributed by atoms with Gasteiger partial charge >= 0.3 is 5.97 Å². The van der Waals surface area contributed by atoms with Crippen LogP contribution < -0.4 is 5.32 Å². The molecule has 0 aliphatic rings. The van der Waals surface area contributed by atoms with E-state index in [1.54, 1.807) is 20.8 Å². The van der Waals surface area contributed by atoms with Gasteiger partial charge < -0.3 is 20.3 Å². The van der Waals surface area contributed by atoms with E-state index in [4.69, 9.17) is 10.2 Å². The number of ether oxygens (including phenoxy) is 1. The molecule has 0 aromatic rings. The first-order chi connectivity index (χ1) is 13.3. The number of carbonyl (C=O) groups excluding carboxylic acids is 3. The summed E-state index contributed by atoms with van der Waals surface area (Å²) in [4.78, 5) is 33.5. The molecular weight excluding hydrogens is 386 g/mol. The summed E-state index contributed by atoms with van der Waals surface area (Å²) >= 11 is 0. The van der Waals surface area contributed by atoms with Crippen molar-refractivity contribution in [2.45, 2.75) is 94.1 Å². The third kappa shape index (κ3) is 21.2. The predicted molar refractivity (Wildman–Crippen MR) is 123 cm³/mol. The van der Waals surface area contributed by atoms with Crippen LogP contribution in [-0.2, 0) is 19.1 Å². The van der Waals surface area contributed by atoms with Crippen LogP contribution in [0.1, 0.15) is 89.9 Å². The minimum Gasteiger partial charge on any atom is -0.469 e. The van der Waals surface area contributed by atoms with Gasteiger partial charge in [0.2, 0.25) is 5.91 Å². The van der Waals surface area contributed by atoms with Crippen LogP contribution in [0.4, 0.5) is 0 Å². The van der Waals surface area contributed by atoms with E-state index in [-0.39, 0.29) is 55.3 Å². The van der Waals surface area contributed by atoms with Crippen molar-refractivity contribution in [1.82, 2.24) is 5.32 Å². The third-order valence-electron chi connectivity index (χ3n) is 4.51. The summed E-state index contributed by atoms with van der Waals surface area (Å²) < 4.78 is 4.49. The second kappa shape index (κ2) is 15.3. The standard InChI is InChI=1S/C12H23NO3.C7H14O2.C4H10O.H2/c1-6-12(3,4)9(2)11(15)13-8-7-10(14)16-5;1-7(2,3)6(9)4-5-8;1-4(2,3)5;/h9H,6-8H2,1-5H3,(H,13,15);8H,4-5H2,1-3H3;5H,1-3H3;1H/t9-;;;/m0.../s1. The Morgan fingerprint density at radius 2 is 1.43 bits per heavy atom. The van der Waals surface area contributed by atoms with Gasteiger partial charge in [0.25, 0.3) is 0 Å². The Morgan fingerprint density at radius 3 is 1.70 bits per heavy atom. The number of rotatable bonds is 8. The molecule has 0 aromatic carbocycles. The molecule has 1 atom stereocenters. The lowest BCUT2D eigenvalue weighted by molar-refractivity contribution is -0.140. The topological polar surface area (TPSA) is 113 Å². The normalized spacial score (nSPS) is 12.4. The van der Waals surface area contributed by atoms with Crippen molar-refractivity contribution in [1.29, 1.82) is 0 Å². The van der Waals surface area contributed by atoms with Gasteiger partial charge in [-0.15, -0.1) is 0 Å². The molecule has 3 N–H and O–H groups in total. The summed E-state index contributed by atoms with van der Waals surface area (Å²) in [5.74, 6) is -0.251. The molecule has 0 aliphatic heterocycles. The molecule has 0 aromatic heterocycles. The molecule has 1 amide bonds. The monoisotopic (exact) mass is 435 g/mol. The van der Waals surface area contributed by atoms with E-state index in [1.165, 1.54) is 7.11 Å². The molecule has 7 heteroatoms. The molecule has 0 heterocycles. The average Bonchev–Trinajstić information content (AvgIpc) is 2.59. The smallest absolute Gasteiger partial charge is 0.307 e. The molecule has 0 saturated heterocycles. The first-order valence-corrected chi connectivity index (χ1v) is 10.5. The van der Waals surface area contributed by atoms with E-state index in [0.717, 1.165) is 6.42 Å². The Labute approximate surface area is 185 Å². The first kappa shape index (κ1) is 33.2. The zero-order valence-electron chi connectivity index (χ0n) is 21.1. The van der Waals surface area contributed by atoms with Crippen LogP contribution in [0, 0.1) is 16.7 Å². The van der Waals surface area contributed by atoms with Gasteiger partial charge in [0.05, 0.1) is 19.1 Å². The summed E-state index contributed by atoms with van der Waals surface area (Å²) in [6.07, 6.45) is 1.45. The SMILES string of the molecule is CC(C)(C)C(=O)CCO.CC(C)(C)O.CCC(C)(C)[C@@H](C)C(=O)NCCC(=O)OC.[HH]. The van der Waals surface area contributed by atoms with Crippen LogP contribution in [0.5, 0.6) is 0 Å². The Bertz CT molecular complexity index is 501. The largest absolute Gasteiger partial charge is 0.469 e. The fraction of sp³-hybridized carbons (Fsp3) is 0.870. The fourth-order valence-electron chi connectivity index (χ4n) is 1.68. The van der Waals surface area contributed by atoms with Crippen molar-refractivity contribution in [2.24, 2.45) is 16.7 Å². The number of methoxy groups -OCH3 is 1. The summed E-state index contributed by atoms with van der Waals surface area (Å²) in [7, 11) is 1.34. The van der Waals surface area contributed by atoms with Gasteiger partial charge in [-0.2, -0.15) is 0 Å². The van der Waals surface area contributed by atoms with Gasteiger partial charge in [-0.25, -0.2) is 0 Å². The van der Waals surface area contributed by atoms with Gasteiger partial charge in [0, 0.05) is 32.3 Å². The molecule has 30 heavy (non-hydrogen) atoms. The maximum absolute atomic E-state index is 11.8. The van der Waals surface area contributed by atoms with E-state index < -0.39 is 5.60 Å². The molecular formula is C23H49NO6. The van der Waals surface area contributed by atoms with E-state index in [9.17, 15) is 14.4 Å². The number of aliphatic hydroxyl groups excluding tert-OH is 1. The van der Waals surface area contributed by atoms with Crippen molar-refractivity contribution < 1.29 is 30.8 Å². The van der Waals surface area contributed by atoms with E-state index >= 15 is 0 Å². The van der Waals surface area contributed by atoms with Crippen LogP contribution >= 0.6 is 0 Å². The van der Waals surface area contributed by atoms with Gasteiger partial charge in [0.15, 0.2) is 0 Å². The van der Waals surface area contributed by atoms with Crippen molar-refractivity contribution in [3.05, 3.63) is 0 Å². The lowest BCUT2D eigenvalue weighted by Crippen LogP contribution is -2.38. The van der Waals surface area contributed by atoms with Crippen LogP contribution in [0.2, 0.25) is 0 Å². The molecule has 7 nitrogen and oxygen atoms in total. The third-order valence-corrected chi connectivity index (χ3v) is 4.51. The summed E-state index contributed by atoms with van der Waals surface area (Å²) in [5, 5.41) is 19.6. The molecule has 0 rings (SSSR count). The molecule has 0 spiro atoms. The second-order valence-corrected chi connectivity index (χ2v) is 10.00. The van der Waals surface area contributed by atoms with Crippen molar-refractivity contribution in [2.75, 3.05) is 20.3 Å². The fourth-order valence-corrected chi connectivity index (χ4v) is 1.68. The Kier molecular flexibility index (Phi) is 17.0. The first-order valence-electron chi connectivity index (χ1n) is 10.5. The average molecular weight is 436 g/mol. The number of ketones is 1. The lowest BCUT2D eigenvalue weighted by Gasteiger charge is -2.29. The highest BCUT2D eigenvalue weighted by Gasteiger charge is 2.29. The number of carbonyl (C=O) groups is 3. The molecule has 0 unspecified atom stereocenters. The van der Waals surface area contributed by atoms with E-state index in [2.05, 4.69) is 30.8 Å². The number of aliphatic hydroxyl groups is 2. The number of hydrogen-bond acceptors (Lipinski definition) is 6. The number of esters is 1. The van der Waals surface area contributed by atoms with Crippen LogP contribution in [0.3, 0.4) is 0 Å². The van der Waals surface area contributed by atoms with E-state index in [1.807, 2.05) is 27.7 Å². The minimum absolute atomic E-state index is 0. The van der Waals surface area contributed by atoms with Gasteiger partial charge in [0.1, 0.15) is 5.78 Å². The van der Waals surface area contributed by atoms with Crippen LogP contribution in [-0.4, -0.2) is 53.7 Å². The highest BCUT2D eigenvalue weighted by molar-refractivity contribution is 5.83. The Hall–Kier alpha value is -1.47. The van der Waals surface area contributed by atoms with Gasteiger partial charge in [-0.05, 0) is 26.2 Å². The molecule has 0 fully saturated rings. The zero-order valence-corrected chi connectivity index (χ0v) is 21.1. The van der Waals surface area contributed by atoms with Crippen LogP contribution in [0.15, 0.2) is 0 Å². The second-order valence-electron chi connectivity index (χ2n) is 10.00. The quantitative estimate of drug-likeness (QED) is 0.501. The summed E-state index contributed by atoms with van der Waals surface area (Å²) in [6, 6.07) is 0. The highest BCUT2D eigenvalue weighted by Crippen LogP contribution is 2.30. The highest BCUT2D eigenvalue weighted by atomic mass is 16.5. The van der Waals surface area contributed by atoms with Crippen LogP contribution in [0.25, 0.3) is 0 Å². The predicted octanol–water partition coefficient (Wildman–Crippen LogP) is 3.75. The maximum Gasteiger partial charge on any atom is 0.307 e. The number of Topliss-reactive ketones (excluding diaryl/α,β-unsaturated/α-hetero) is 1. The maximum atomic E-state index is 11.8.